The second-order valence-electron chi connectivity index (χ2n) is 6.67. The van der Waals surface area contributed by atoms with Gasteiger partial charge in [0, 0.05) is 11.3 Å². The fourth-order valence-electron chi connectivity index (χ4n) is 3.02. The summed E-state index contributed by atoms with van der Waals surface area (Å²) in [5.74, 6) is 3.56. The molecule has 0 fully saturated rings. The van der Waals surface area contributed by atoms with Crippen LogP contribution in [-0.2, 0) is 6.61 Å². The molecule has 0 spiro atoms. The van der Waals surface area contributed by atoms with E-state index in [1.54, 1.807) is 30.7 Å². The molecule has 0 saturated carbocycles. The van der Waals surface area contributed by atoms with Gasteiger partial charge in [-0.1, -0.05) is 23.9 Å². The first-order valence-electron chi connectivity index (χ1n) is 9.16. The van der Waals surface area contributed by atoms with Gasteiger partial charge in [-0.15, -0.1) is 10.2 Å². The predicted octanol–water partition coefficient (Wildman–Crippen LogP) is 3.85. The maximum absolute atomic E-state index is 6.00. The van der Waals surface area contributed by atoms with Crippen molar-refractivity contribution in [3.63, 3.8) is 0 Å². The Hall–Kier alpha value is -3.00. The standard InChI is InChI=1S/C21H22N4O3S/c1-13-5-6-14(2)18(9-13)28-11-20-22-23-21-25(20)24-16(12-29-21)15-7-8-17(26-3)19(10-15)27-4/h5-10H,11-12H2,1-4H3. The van der Waals surface area contributed by atoms with E-state index in [1.165, 1.54) is 0 Å². The van der Waals surface area contributed by atoms with E-state index in [9.17, 15) is 0 Å². The molecule has 1 aliphatic heterocycles. The van der Waals surface area contributed by atoms with Gasteiger partial charge in [-0.25, -0.2) is 0 Å². The Morgan fingerprint density at radius 1 is 0.966 bits per heavy atom. The highest BCUT2D eigenvalue weighted by Crippen LogP contribution is 2.30. The van der Waals surface area contributed by atoms with E-state index >= 15 is 0 Å². The zero-order valence-corrected chi connectivity index (χ0v) is 17.6. The molecule has 0 bridgehead atoms. The zero-order chi connectivity index (χ0) is 20.4. The van der Waals surface area contributed by atoms with Crippen molar-refractivity contribution in [2.45, 2.75) is 25.6 Å². The second-order valence-corrected chi connectivity index (χ2v) is 7.62. The smallest absolute Gasteiger partial charge is 0.212 e. The lowest BCUT2D eigenvalue weighted by Gasteiger charge is -2.16. The molecule has 2 heterocycles. The summed E-state index contributed by atoms with van der Waals surface area (Å²) in [6.45, 7) is 4.36. The van der Waals surface area contributed by atoms with Gasteiger partial charge < -0.3 is 14.2 Å². The van der Waals surface area contributed by atoms with Crippen LogP contribution < -0.4 is 14.2 Å². The monoisotopic (exact) mass is 410 g/mol. The second kappa shape index (κ2) is 8.16. The molecular formula is C21H22N4O3S. The van der Waals surface area contributed by atoms with E-state index in [4.69, 9.17) is 19.3 Å². The van der Waals surface area contributed by atoms with E-state index in [0.29, 0.717) is 29.7 Å². The van der Waals surface area contributed by atoms with Crippen molar-refractivity contribution in [3.8, 4) is 17.2 Å². The Balaban J connectivity index is 1.60. The number of rotatable bonds is 6. The maximum atomic E-state index is 6.00. The van der Waals surface area contributed by atoms with E-state index in [2.05, 4.69) is 16.3 Å². The van der Waals surface area contributed by atoms with E-state index in [-0.39, 0.29) is 0 Å². The molecule has 0 saturated heterocycles. The van der Waals surface area contributed by atoms with Crippen LogP contribution in [0, 0.1) is 13.8 Å². The lowest BCUT2D eigenvalue weighted by molar-refractivity contribution is 0.287. The fraction of sp³-hybridized carbons (Fsp3) is 0.286. The molecule has 8 heteroatoms. The molecule has 0 aliphatic carbocycles. The zero-order valence-electron chi connectivity index (χ0n) is 16.8. The van der Waals surface area contributed by atoms with E-state index in [0.717, 1.165) is 33.3 Å². The number of hydrogen-bond donors (Lipinski definition) is 0. The topological polar surface area (TPSA) is 70.8 Å². The van der Waals surface area contributed by atoms with Gasteiger partial charge in [0.05, 0.1) is 19.9 Å². The minimum absolute atomic E-state index is 0.292. The molecule has 0 amide bonds. The van der Waals surface area contributed by atoms with E-state index < -0.39 is 0 Å². The molecule has 4 rings (SSSR count). The highest BCUT2D eigenvalue weighted by atomic mass is 32.2. The van der Waals surface area contributed by atoms with Crippen molar-refractivity contribution >= 4 is 17.5 Å². The maximum Gasteiger partial charge on any atom is 0.212 e. The summed E-state index contributed by atoms with van der Waals surface area (Å²) in [5, 5.41) is 14.0. The summed E-state index contributed by atoms with van der Waals surface area (Å²) in [5.41, 5.74) is 4.11. The van der Waals surface area contributed by atoms with Gasteiger partial charge >= 0.3 is 0 Å². The van der Waals surface area contributed by atoms with Gasteiger partial charge in [0.2, 0.25) is 5.16 Å². The Bertz CT molecular complexity index is 1080. The number of aryl methyl sites for hydroxylation is 2. The first-order chi connectivity index (χ1) is 14.1. The summed E-state index contributed by atoms with van der Waals surface area (Å²) < 4.78 is 18.5. The quantitative estimate of drug-likeness (QED) is 0.615. The number of aromatic nitrogens is 3. The Morgan fingerprint density at radius 2 is 1.79 bits per heavy atom. The van der Waals surface area contributed by atoms with Crippen LogP contribution in [0.4, 0.5) is 0 Å². The molecule has 150 valence electrons. The summed E-state index contributed by atoms with van der Waals surface area (Å²) in [4.78, 5) is 0. The lowest BCUT2D eigenvalue weighted by Crippen LogP contribution is -2.15. The van der Waals surface area contributed by atoms with Crippen molar-refractivity contribution in [1.82, 2.24) is 14.9 Å². The highest BCUT2D eigenvalue weighted by Gasteiger charge is 2.21. The van der Waals surface area contributed by atoms with Crippen molar-refractivity contribution in [1.29, 1.82) is 0 Å². The molecule has 29 heavy (non-hydrogen) atoms. The molecule has 2 aromatic carbocycles. The van der Waals surface area contributed by atoms with Gasteiger partial charge in [-0.3, -0.25) is 0 Å². The van der Waals surface area contributed by atoms with Crippen LogP contribution in [0.2, 0.25) is 0 Å². The first-order valence-corrected chi connectivity index (χ1v) is 10.1. The molecule has 0 unspecified atom stereocenters. The number of fused-ring (bicyclic) bond motifs is 1. The Kier molecular flexibility index (Phi) is 5.44. The highest BCUT2D eigenvalue weighted by molar-refractivity contribution is 7.99. The summed E-state index contributed by atoms with van der Waals surface area (Å²) in [6.07, 6.45) is 0. The molecule has 0 radical (unpaired) electrons. The van der Waals surface area contributed by atoms with E-state index in [1.807, 2.05) is 44.2 Å². The number of ether oxygens (including phenoxy) is 3. The van der Waals surface area contributed by atoms with Crippen LogP contribution in [0.5, 0.6) is 17.2 Å². The average molecular weight is 410 g/mol. The third-order valence-corrected chi connectivity index (χ3v) is 5.58. The third-order valence-electron chi connectivity index (χ3n) is 4.65. The minimum Gasteiger partial charge on any atom is -0.493 e. The third kappa shape index (κ3) is 3.93. The van der Waals surface area contributed by atoms with Crippen LogP contribution in [0.15, 0.2) is 46.7 Å². The molecule has 3 aromatic rings. The molecule has 1 aliphatic rings. The number of methoxy groups -OCH3 is 2. The molecule has 7 nitrogen and oxygen atoms in total. The average Bonchev–Trinajstić information content (AvgIpc) is 3.16. The number of nitrogens with zero attached hydrogens (tertiary/aromatic N) is 4. The van der Waals surface area contributed by atoms with Crippen molar-refractivity contribution in [2.75, 3.05) is 20.0 Å². The van der Waals surface area contributed by atoms with Gasteiger partial charge in [-0.05, 0) is 49.2 Å². The summed E-state index contributed by atoms with van der Waals surface area (Å²) in [7, 11) is 3.25. The normalized spacial score (nSPS) is 12.9. The number of benzene rings is 2. The summed E-state index contributed by atoms with van der Waals surface area (Å²) in [6, 6.07) is 11.9. The Morgan fingerprint density at radius 3 is 2.59 bits per heavy atom. The van der Waals surface area contributed by atoms with Gasteiger partial charge in [-0.2, -0.15) is 9.78 Å². The van der Waals surface area contributed by atoms with Crippen molar-refractivity contribution in [2.24, 2.45) is 5.10 Å². The van der Waals surface area contributed by atoms with Crippen LogP contribution in [0.3, 0.4) is 0 Å². The van der Waals surface area contributed by atoms with Crippen LogP contribution in [0.1, 0.15) is 22.5 Å². The largest absolute Gasteiger partial charge is 0.493 e. The van der Waals surface area contributed by atoms with Crippen molar-refractivity contribution < 1.29 is 14.2 Å². The van der Waals surface area contributed by atoms with Crippen LogP contribution >= 0.6 is 11.8 Å². The number of thioether (sulfide) groups is 1. The first kappa shape index (κ1) is 19.3. The van der Waals surface area contributed by atoms with Crippen LogP contribution in [-0.4, -0.2) is 40.6 Å². The van der Waals surface area contributed by atoms with Crippen molar-refractivity contribution in [3.05, 3.63) is 58.9 Å². The number of hydrogen-bond acceptors (Lipinski definition) is 7. The Labute approximate surface area is 173 Å². The molecular weight excluding hydrogens is 388 g/mol. The molecule has 0 atom stereocenters. The SMILES string of the molecule is COc1ccc(C2=Nn3c(COc4cc(C)ccc4C)nnc3SC2)cc1OC. The molecule has 1 aromatic heterocycles. The minimum atomic E-state index is 0.292. The van der Waals surface area contributed by atoms with Gasteiger partial charge in [0.25, 0.3) is 0 Å². The fourth-order valence-corrected chi connectivity index (χ4v) is 3.88. The predicted molar refractivity (Wildman–Crippen MR) is 112 cm³/mol. The van der Waals surface area contributed by atoms with Crippen LogP contribution in [0.25, 0.3) is 0 Å². The molecule has 0 N–H and O–H groups in total. The summed E-state index contributed by atoms with van der Waals surface area (Å²) >= 11 is 1.59. The lowest BCUT2D eigenvalue weighted by atomic mass is 10.1. The van der Waals surface area contributed by atoms with Gasteiger partial charge in [0.15, 0.2) is 17.3 Å². The van der Waals surface area contributed by atoms with Gasteiger partial charge in [0.1, 0.15) is 12.4 Å².